The number of aliphatic hydroxyl groups is 1. The van der Waals surface area contributed by atoms with Gasteiger partial charge in [0.2, 0.25) is 0 Å². The van der Waals surface area contributed by atoms with Crippen LogP contribution in [0.15, 0.2) is 35.4 Å². The lowest BCUT2D eigenvalue weighted by Gasteiger charge is -2.20. The average molecular weight is 249 g/mol. The third kappa shape index (κ3) is 4.97. The minimum atomic E-state index is -1.09. The van der Waals surface area contributed by atoms with Gasteiger partial charge in [0.1, 0.15) is 0 Å². The third-order valence-corrected chi connectivity index (χ3v) is 2.50. The van der Waals surface area contributed by atoms with Gasteiger partial charge in [-0.3, -0.25) is 0 Å². The zero-order valence-corrected chi connectivity index (χ0v) is 10.7. The predicted octanol–water partition coefficient (Wildman–Crippen LogP) is 1.41. The Balaban J connectivity index is 2.68. The van der Waals surface area contributed by atoms with Crippen molar-refractivity contribution in [3.8, 4) is 0 Å². The number of aryl methyl sites for hydroxylation is 1. The minimum absolute atomic E-state index is 0.491. The molecule has 1 aromatic rings. The monoisotopic (exact) mass is 249 g/mol. The molecule has 98 valence electrons. The number of hydrazone groups is 1. The summed E-state index contributed by atoms with van der Waals surface area (Å²) in [5, 5.41) is 13.8. The maximum atomic E-state index is 10.6. The molecule has 1 rings (SSSR count). The lowest BCUT2D eigenvalue weighted by molar-refractivity contribution is 0.150. The zero-order chi connectivity index (χ0) is 13.6. The quantitative estimate of drug-likeness (QED) is 0.544. The molecule has 2 amide bonds. The number of nitrogens with zero attached hydrogens (tertiary/aromatic N) is 1. The average Bonchev–Trinajstić information content (AvgIpc) is 2.28. The van der Waals surface area contributed by atoms with Crippen LogP contribution in [0.4, 0.5) is 4.79 Å². The van der Waals surface area contributed by atoms with Gasteiger partial charge in [0.05, 0.1) is 11.3 Å². The van der Waals surface area contributed by atoms with Crippen LogP contribution in [0.25, 0.3) is 0 Å². The molecule has 4 N–H and O–H groups in total. The second-order valence-electron chi connectivity index (χ2n) is 4.58. The maximum Gasteiger partial charge on any atom is 0.332 e. The van der Waals surface area contributed by atoms with E-state index in [0.29, 0.717) is 12.1 Å². The summed E-state index contributed by atoms with van der Waals surface area (Å²) in [4.78, 5) is 10.6. The molecule has 0 atom stereocenters. The molecular formula is C13H19N3O2. The highest BCUT2D eigenvalue weighted by Crippen LogP contribution is 2.11. The molecule has 0 spiro atoms. The number of primary amides is 1. The fourth-order valence-corrected chi connectivity index (χ4v) is 1.53. The van der Waals surface area contributed by atoms with Crippen LogP contribution in [-0.4, -0.2) is 22.5 Å². The Labute approximate surface area is 107 Å². The number of nitrogens with two attached hydrogens (primary N) is 1. The summed E-state index contributed by atoms with van der Waals surface area (Å²) in [6, 6.07) is 9.13. The van der Waals surface area contributed by atoms with Crippen LogP contribution in [0.2, 0.25) is 0 Å². The van der Waals surface area contributed by atoms with E-state index in [-0.39, 0.29) is 0 Å². The topological polar surface area (TPSA) is 87.7 Å². The van der Waals surface area contributed by atoms with E-state index in [1.807, 2.05) is 30.3 Å². The van der Waals surface area contributed by atoms with Crippen LogP contribution >= 0.6 is 0 Å². The fraction of sp³-hybridized carbons (Fsp3) is 0.385. The molecule has 0 aromatic heterocycles. The van der Waals surface area contributed by atoms with E-state index in [0.717, 1.165) is 12.0 Å². The Kier molecular flexibility index (Phi) is 4.85. The summed E-state index contributed by atoms with van der Waals surface area (Å²) in [5.41, 5.74) is 7.66. The number of carbonyl (C=O) groups is 1. The van der Waals surface area contributed by atoms with Gasteiger partial charge in [-0.15, -0.1) is 0 Å². The van der Waals surface area contributed by atoms with E-state index in [9.17, 15) is 9.90 Å². The molecule has 0 saturated carbocycles. The largest absolute Gasteiger partial charge is 0.384 e. The molecule has 0 aliphatic heterocycles. The van der Waals surface area contributed by atoms with Crippen LogP contribution in [0.5, 0.6) is 0 Å². The second kappa shape index (κ2) is 6.16. The van der Waals surface area contributed by atoms with Crippen molar-refractivity contribution in [2.45, 2.75) is 32.3 Å². The molecule has 5 heteroatoms. The summed E-state index contributed by atoms with van der Waals surface area (Å²) in [6.45, 7) is 3.25. The van der Waals surface area contributed by atoms with Crippen molar-refractivity contribution >= 4 is 11.7 Å². The van der Waals surface area contributed by atoms with E-state index < -0.39 is 11.6 Å². The van der Waals surface area contributed by atoms with E-state index in [2.05, 4.69) is 10.5 Å². The lowest BCUT2D eigenvalue weighted by atomic mass is 9.96. The molecule has 0 heterocycles. The molecule has 0 saturated heterocycles. The van der Waals surface area contributed by atoms with Crippen LogP contribution in [-0.2, 0) is 6.42 Å². The minimum Gasteiger partial charge on any atom is -0.384 e. The number of carbonyl (C=O) groups excluding carboxylic acids is 1. The van der Waals surface area contributed by atoms with Crippen molar-refractivity contribution in [2.24, 2.45) is 10.8 Å². The standard InChI is InChI=1S/C13H19N3O2/c1-13(2,18)11(15-16-12(14)17)9-8-10-6-4-3-5-7-10/h3-7,18H,8-9H2,1-2H3,(H3,14,16,17)/b15-11+. The Hall–Kier alpha value is -1.88. The highest BCUT2D eigenvalue weighted by atomic mass is 16.3. The molecule has 0 radical (unpaired) electrons. The van der Waals surface area contributed by atoms with Crippen molar-refractivity contribution in [1.29, 1.82) is 0 Å². The van der Waals surface area contributed by atoms with Crippen molar-refractivity contribution in [3.05, 3.63) is 35.9 Å². The van der Waals surface area contributed by atoms with E-state index >= 15 is 0 Å². The van der Waals surface area contributed by atoms with Crippen LogP contribution in [0.3, 0.4) is 0 Å². The Bertz CT molecular complexity index is 422. The van der Waals surface area contributed by atoms with E-state index in [1.165, 1.54) is 0 Å². The van der Waals surface area contributed by atoms with Gasteiger partial charge in [-0.05, 0) is 32.3 Å². The molecular weight excluding hydrogens is 230 g/mol. The zero-order valence-electron chi connectivity index (χ0n) is 10.7. The summed E-state index contributed by atoms with van der Waals surface area (Å²) < 4.78 is 0. The van der Waals surface area contributed by atoms with E-state index in [1.54, 1.807) is 13.8 Å². The Morgan fingerprint density at radius 2 is 2.00 bits per heavy atom. The highest BCUT2D eigenvalue weighted by Gasteiger charge is 2.21. The number of hydrogen-bond donors (Lipinski definition) is 3. The molecule has 5 nitrogen and oxygen atoms in total. The molecule has 0 fully saturated rings. The predicted molar refractivity (Wildman–Crippen MR) is 71.2 cm³/mol. The van der Waals surface area contributed by atoms with Crippen molar-refractivity contribution in [1.82, 2.24) is 5.43 Å². The molecule has 0 bridgehead atoms. The first-order valence-corrected chi connectivity index (χ1v) is 5.78. The van der Waals surface area contributed by atoms with Crippen LogP contribution in [0, 0.1) is 0 Å². The van der Waals surface area contributed by atoms with Crippen molar-refractivity contribution in [2.75, 3.05) is 0 Å². The highest BCUT2D eigenvalue weighted by molar-refractivity contribution is 5.92. The molecule has 18 heavy (non-hydrogen) atoms. The number of nitrogens with one attached hydrogen (secondary N) is 1. The van der Waals surface area contributed by atoms with Gasteiger partial charge < -0.3 is 10.8 Å². The molecule has 0 aliphatic carbocycles. The number of urea groups is 1. The van der Waals surface area contributed by atoms with E-state index in [4.69, 9.17) is 5.73 Å². The number of rotatable bonds is 5. The fourth-order valence-electron chi connectivity index (χ4n) is 1.53. The van der Waals surface area contributed by atoms with Gasteiger partial charge in [-0.25, -0.2) is 10.2 Å². The van der Waals surface area contributed by atoms with Crippen LogP contribution < -0.4 is 11.2 Å². The summed E-state index contributed by atoms with van der Waals surface area (Å²) in [5.74, 6) is 0. The first-order chi connectivity index (χ1) is 8.39. The summed E-state index contributed by atoms with van der Waals surface area (Å²) in [7, 11) is 0. The second-order valence-corrected chi connectivity index (χ2v) is 4.58. The molecule has 0 unspecified atom stereocenters. The van der Waals surface area contributed by atoms with Gasteiger partial charge in [-0.2, -0.15) is 5.10 Å². The number of benzene rings is 1. The normalized spacial score (nSPS) is 12.3. The number of amides is 2. The molecule has 1 aromatic carbocycles. The SMILES string of the molecule is CC(C)(O)/C(CCc1ccccc1)=N/NC(N)=O. The lowest BCUT2D eigenvalue weighted by Crippen LogP contribution is -2.35. The summed E-state index contributed by atoms with van der Waals surface area (Å²) >= 11 is 0. The van der Waals surface area contributed by atoms with Crippen molar-refractivity contribution < 1.29 is 9.90 Å². The Morgan fingerprint density at radius 3 is 2.50 bits per heavy atom. The van der Waals surface area contributed by atoms with Gasteiger partial charge in [0.25, 0.3) is 0 Å². The third-order valence-electron chi connectivity index (χ3n) is 2.50. The van der Waals surface area contributed by atoms with Gasteiger partial charge in [-0.1, -0.05) is 30.3 Å². The smallest absolute Gasteiger partial charge is 0.332 e. The molecule has 0 aliphatic rings. The first kappa shape index (κ1) is 14.2. The summed E-state index contributed by atoms with van der Waals surface area (Å²) in [6.07, 6.45) is 1.29. The van der Waals surface area contributed by atoms with Crippen LogP contribution in [0.1, 0.15) is 25.8 Å². The van der Waals surface area contributed by atoms with Gasteiger partial charge >= 0.3 is 6.03 Å². The number of hydrogen-bond acceptors (Lipinski definition) is 3. The van der Waals surface area contributed by atoms with Crippen molar-refractivity contribution in [3.63, 3.8) is 0 Å². The maximum absolute atomic E-state index is 10.6. The first-order valence-electron chi connectivity index (χ1n) is 5.78. The Morgan fingerprint density at radius 1 is 1.39 bits per heavy atom. The van der Waals surface area contributed by atoms with Gasteiger partial charge in [0.15, 0.2) is 0 Å². The van der Waals surface area contributed by atoms with Gasteiger partial charge in [0, 0.05) is 0 Å².